The molecule has 2 aliphatic rings. The predicted octanol–water partition coefficient (Wildman–Crippen LogP) is 1.33. The number of rotatable bonds is 4. The highest BCUT2D eigenvalue weighted by molar-refractivity contribution is 5.57. The number of dihydropyridines is 1. The molecule has 9 nitrogen and oxygen atoms in total. The highest BCUT2D eigenvalue weighted by Crippen LogP contribution is 2.30. The molecule has 4 N–H and O–H groups in total. The van der Waals surface area contributed by atoms with Gasteiger partial charge in [0.2, 0.25) is 5.95 Å². The van der Waals surface area contributed by atoms with Crippen molar-refractivity contribution in [2.45, 2.75) is 26.1 Å². The molecule has 0 radical (unpaired) electrons. The predicted molar refractivity (Wildman–Crippen MR) is 99.2 cm³/mol. The van der Waals surface area contributed by atoms with E-state index in [2.05, 4.69) is 61.2 Å². The molecule has 9 heteroatoms. The third-order valence-electron chi connectivity index (χ3n) is 4.29. The monoisotopic (exact) mass is 351 g/mol. The van der Waals surface area contributed by atoms with Crippen molar-refractivity contribution in [3.05, 3.63) is 54.0 Å². The Morgan fingerprint density at radius 2 is 2.00 bits per heavy atom. The first-order valence-corrected chi connectivity index (χ1v) is 8.40. The Morgan fingerprint density at radius 1 is 1.19 bits per heavy atom. The molecular weight excluding hydrogens is 330 g/mol. The Kier molecular flexibility index (Phi) is 4.13. The molecule has 0 spiro atoms. The van der Waals surface area contributed by atoms with Gasteiger partial charge in [-0.1, -0.05) is 0 Å². The van der Waals surface area contributed by atoms with Crippen LogP contribution in [-0.4, -0.2) is 33.0 Å². The molecule has 0 amide bonds. The van der Waals surface area contributed by atoms with Crippen LogP contribution >= 0.6 is 0 Å². The minimum Gasteiger partial charge on any atom is -0.383 e. The van der Waals surface area contributed by atoms with E-state index in [1.54, 1.807) is 12.4 Å². The average molecular weight is 351 g/mol. The second kappa shape index (κ2) is 6.60. The molecule has 2 aromatic heterocycles. The minimum absolute atomic E-state index is 0.0921. The zero-order valence-corrected chi connectivity index (χ0v) is 14.9. The lowest BCUT2D eigenvalue weighted by Gasteiger charge is -2.26. The van der Waals surface area contributed by atoms with Gasteiger partial charge in [0.15, 0.2) is 5.82 Å². The number of nitrogens with one attached hydrogen (secondary N) is 4. The smallest absolute Gasteiger partial charge is 0.229 e. The highest BCUT2D eigenvalue weighted by atomic mass is 15.6. The van der Waals surface area contributed by atoms with Gasteiger partial charge in [-0.15, -0.1) is 0 Å². The maximum atomic E-state index is 4.61. The van der Waals surface area contributed by atoms with E-state index < -0.39 is 0 Å². The summed E-state index contributed by atoms with van der Waals surface area (Å²) in [7, 11) is 1.94. The molecule has 0 bridgehead atoms. The molecule has 0 aliphatic carbocycles. The van der Waals surface area contributed by atoms with E-state index in [4.69, 9.17) is 0 Å². The summed E-state index contributed by atoms with van der Waals surface area (Å²) in [6.07, 6.45) is 10.7. The number of hydrazine groups is 1. The summed E-state index contributed by atoms with van der Waals surface area (Å²) < 4.78 is 0. The molecule has 4 rings (SSSR count). The zero-order chi connectivity index (χ0) is 18.1. The number of hydrogen-bond acceptors (Lipinski definition) is 9. The van der Waals surface area contributed by atoms with Crippen LogP contribution in [0.5, 0.6) is 0 Å². The largest absolute Gasteiger partial charge is 0.383 e. The van der Waals surface area contributed by atoms with Crippen molar-refractivity contribution in [2.24, 2.45) is 0 Å². The van der Waals surface area contributed by atoms with E-state index in [1.165, 1.54) is 11.9 Å². The van der Waals surface area contributed by atoms with Crippen molar-refractivity contribution in [3.63, 3.8) is 0 Å². The Bertz CT molecular complexity index is 862. The maximum Gasteiger partial charge on any atom is 0.229 e. The third kappa shape index (κ3) is 3.16. The van der Waals surface area contributed by atoms with E-state index in [0.29, 0.717) is 5.95 Å². The number of hydrogen-bond donors (Lipinski definition) is 4. The van der Waals surface area contributed by atoms with Crippen molar-refractivity contribution in [3.8, 4) is 0 Å². The second-order valence-corrected chi connectivity index (χ2v) is 6.37. The summed E-state index contributed by atoms with van der Waals surface area (Å²) >= 11 is 0. The second-order valence-electron chi connectivity index (χ2n) is 6.37. The molecule has 0 saturated carbocycles. The molecule has 0 aromatic carbocycles. The number of nitrogens with zero attached hydrogens (tertiary/aromatic N) is 5. The van der Waals surface area contributed by atoms with Crippen LogP contribution in [-0.2, 0) is 0 Å². The third-order valence-corrected chi connectivity index (χ3v) is 4.29. The van der Waals surface area contributed by atoms with Gasteiger partial charge in [-0.2, -0.15) is 4.98 Å². The van der Waals surface area contributed by atoms with Gasteiger partial charge >= 0.3 is 0 Å². The van der Waals surface area contributed by atoms with E-state index >= 15 is 0 Å². The van der Waals surface area contributed by atoms with Crippen molar-refractivity contribution in [1.29, 1.82) is 0 Å². The first-order chi connectivity index (χ1) is 12.6. The molecule has 26 heavy (non-hydrogen) atoms. The van der Waals surface area contributed by atoms with Crippen LogP contribution in [0.2, 0.25) is 0 Å². The minimum atomic E-state index is -0.0921. The molecule has 0 saturated heterocycles. The van der Waals surface area contributed by atoms with E-state index in [1.807, 2.05) is 24.5 Å². The topological polar surface area (TPSA) is 103 Å². The van der Waals surface area contributed by atoms with E-state index in [-0.39, 0.29) is 12.2 Å². The number of anilines is 3. The van der Waals surface area contributed by atoms with Crippen molar-refractivity contribution in [2.75, 3.05) is 17.4 Å². The molecule has 134 valence electrons. The molecule has 4 heterocycles. The summed E-state index contributed by atoms with van der Waals surface area (Å²) in [4.78, 5) is 17.0. The van der Waals surface area contributed by atoms with Crippen LogP contribution in [0.4, 0.5) is 17.5 Å². The van der Waals surface area contributed by atoms with Crippen LogP contribution in [0.1, 0.15) is 25.6 Å². The van der Waals surface area contributed by atoms with Crippen LogP contribution in [0.15, 0.2) is 48.5 Å². The maximum absolute atomic E-state index is 4.61. The Morgan fingerprint density at radius 3 is 2.81 bits per heavy atom. The molecule has 2 unspecified atom stereocenters. The summed E-state index contributed by atoms with van der Waals surface area (Å²) in [6, 6.07) is 0.217. The fourth-order valence-electron chi connectivity index (χ4n) is 2.93. The molecule has 2 atom stereocenters. The van der Waals surface area contributed by atoms with Gasteiger partial charge in [0.05, 0.1) is 29.7 Å². The lowest BCUT2D eigenvalue weighted by atomic mass is 10.1. The molecular formula is C17H21N9. The summed E-state index contributed by atoms with van der Waals surface area (Å²) in [5.41, 5.74) is 7.40. The van der Waals surface area contributed by atoms with Gasteiger partial charge in [-0.3, -0.25) is 5.01 Å². The normalized spacial score (nSPS) is 21.4. The fourth-order valence-corrected chi connectivity index (χ4v) is 2.93. The summed E-state index contributed by atoms with van der Waals surface area (Å²) in [6.45, 7) is 4.18. The number of aromatic nitrogens is 4. The standard InChI is InChI=1S/C17H21N9/c1-10-4-14(11(2)20-5-10)23-15-13-8-21-17(24-16(13)26(3)25-15)22-12-6-18-9-19-7-12/h4-9,11,15,20,23,25H,1-3H3,(H,21,22,24). The zero-order valence-electron chi connectivity index (χ0n) is 14.9. The lowest BCUT2D eigenvalue weighted by molar-refractivity contribution is 0.480. The van der Waals surface area contributed by atoms with Gasteiger partial charge in [-0.25, -0.2) is 20.4 Å². The highest BCUT2D eigenvalue weighted by Gasteiger charge is 2.29. The number of fused-ring (bicyclic) bond motifs is 1. The SMILES string of the molecule is CC1=CNC(C)C(NC2NN(C)c3nc(Nc4cncnc4)ncc32)=C1. The van der Waals surface area contributed by atoms with Gasteiger partial charge in [0.1, 0.15) is 12.5 Å². The van der Waals surface area contributed by atoms with Gasteiger partial charge in [0, 0.05) is 18.9 Å². The lowest BCUT2D eigenvalue weighted by Crippen LogP contribution is -2.41. The Hall–Kier alpha value is -3.20. The van der Waals surface area contributed by atoms with Gasteiger partial charge in [0.25, 0.3) is 0 Å². The first-order valence-electron chi connectivity index (χ1n) is 8.40. The average Bonchev–Trinajstić information content (AvgIpc) is 2.94. The van der Waals surface area contributed by atoms with Crippen LogP contribution in [0.25, 0.3) is 0 Å². The first kappa shape index (κ1) is 16.3. The van der Waals surface area contributed by atoms with Crippen molar-refractivity contribution < 1.29 is 0 Å². The van der Waals surface area contributed by atoms with E-state index in [0.717, 1.165) is 22.8 Å². The summed E-state index contributed by atoms with van der Waals surface area (Å²) in [5.74, 6) is 1.32. The van der Waals surface area contributed by atoms with Gasteiger partial charge in [-0.05, 0) is 31.7 Å². The molecule has 2 aliphatic heterocycles. The van der Waals surface area contributed by atoms with Crippen molar-refractivity contribution in [1.82, 2.24) is 36.0 Å². The summed E-state index contributed by atoms with van der Waals surface area (Å²) in [5, 5.41) is 11.9. The molecule has 2 aromatic rings. The number of allylic oxidation sites excluding steroid dienone is 2. The fraction of sp³-hybridized carbons (Fsp3) is 0.294. The Labute approximate surface area is 151 Å². The van der Waals surface area contributed by atoms with E-state index in [9.17, 15) is 0 Å². The van der Waals surface area contributed by atoms with Crippen LogP contribution < -0.4 is 26.4 Å². The van der Waals surface area contributed by atoms with Crippen molar-refractivity contribution >= 4 is 17.5 Å². The van der Waals surface area contributed by atoms with Crippen LogP contribution in [0.3, 0.4) is 0 Å². The van der Waals surface area contributed by atoms with Crippen LogP contribution in [0, 0.1) is 0 Å². The molecule has 0 fully saturated rings. The Balaban J connectivity index is 1.55. The quantitative estimate of drug-likeness (QED) is 0.649. The van der Waals surface area contributed by atoms with Gasteiger partial charge < -0.3 is 16.0 Å².